The minimum absolute atomic E-state index is 0.0747. The van der Waals surface area contributed by atoms with Crippen molar-refractivity contribution in [2.24, 2.45) is 11.1 Å². The molecular formula is C15H23N3. The zero-order valence-corrected chi connectivity index (χ0v) is 11.9. The molecule has 0 saturated heterocycles. The molecule has 98 valence electrons. The van der Waals surface area contributed by atoms with Crippen molar-refractivity contribution in [2.75, 3.05) is 11.9 Å². The number of anilines is 1. The monoisotopic (exact) mass is 245 g/mol. The number of rotatable bonds is 3. The maximum atomic E-state index is 8.81. The van der Waals surface area contributed by atoms with E-state index in [1.54, 1.807) is 0 Å². The number of hydrogen-bond acceptors (Lipinski definition) is 3. The number of nitriles is 1. The molecule has 3 heteroatoms. The highest BCUT2D eigenvalue weighted by Crippen LogP contribution is 2.29. The number of benzene rings is 1. The van der Waals surface area contributed by atoms with Crippen LogP contribution in [0, 0.1) is 16.7 Å². The van der Waals surface area contributed by atoms with Crippen molar-refractivity contribution < 1.29 is 0 Å². The van der Waals surface area contributed by atoms with E-state index in [0.717, 1.165) is 5.69 Å². The summed E-state index contributed by atoms with van der Waals surface area (Å²) >= 11 is 0. The van der Waals surface area contributed by atoms with Gasteiger partial charge in [-0.15, -0.1) is 0 Å². The normalized spacial score (nSPS) is 14.7. The molecule has 1 aromatic rings. The third kappa shape index (κ3) is 3.24. The standard InChI is InChI=1S/C15H23N3/c1-11(17)14(15(2,3)4)18(5)13-8-6-12(10-16)7-9-13/h6-9,11,14H,17H2,1-5H3. The zero-order chi connectivity index (χ0) is 13.9. The fourth-order valence-electron chi connectivity index (χ4n) is 2.65. The van der Waals surface area contributed by atoms with Gasteiger partial charge in [0.15, 0.2) is 0 Å². The van der Waals surface area contributed by atoms with Crippen molar-refractivity contribution in [3.63, 3.8) is 0 Å². The fourth-order valence-corrected chi connectivity index (χ4v) is 2.65. The van der Waals surface area contributed by atoms with Crippen molar-refractivity contribution in [3.05, 3.63) is 29.8 Å². The van der Waals surface area contributed by atoms with E-state index in [1.165, 1.54) is 0 Å². The maximum absolute atomic E-state index is 8.81. The largest absolute Gasteiger partial charge is 0.370 e. The minimum atomic E-state index is 0.0747. The Labute approximate surface area is 110 Å². The van der Waals surface area contributed by atoms with Crippen LogP contribution < -0.4 is 10.6 Å². The molecule has 1 aromatic carbocycles. The van der Waals surface area contributed by atoms with Crippen LogP contribution in [0.3, 0.4) is 0 Å². The average Bonchev–Trinajstić information content (AvgIpc) is 2.26. The summed E-state index contributed by atoms with van der Waals surface area (Å²) in [4.78, 5) is 2.20. The molecule has 2 N–H and O–H groups in total. The Morgan fingerprint density at radius 2 is 1.72 bits per heavy atom. The number of nitrogens with two attached hydrogens (primary N) is 1. The van der Waals surface area contributed by atoms with Crippen molar-refractivity contribution in [1.29, 1.82) is 5.26 Å². The third-order valence-electron chi connectivity index (χ3n) is 3.21. The second-order valence-electron chi connectivity index (χ2n) is 5.94. The van der Waals surface area contributed by atoms with Crippen LogP contribution in [0.5, 0.6) is 0 Å². The lowest BCUT2D eigenvalue weighted by Gasteiger charge is -2.42. The van der Waals surface area contributed by atoms with E-state index in [-0.39, 0.29) is 17.5 Å². The lowest BCUT2D eigenvalue weighted by molar-refractivity contribution is 0.280. The van der Waals surface area contributed by atoms with E-state index in [1.807, 2.05) is 31.2 Å². The Hall–Kier alpha value is -1.53. The summed E-state index contributed by atoms with van der Waals surface area (Å²) in [6, 6.07) is 10.1. The van der Waals surface area contributed by atoms with Gasteiger partial charge in [0, 0.05) is 24.8 Å². The molecule has 0 heterocycles. The van der Waals surface area contributed by atoms with Gasteiger partial charge in [0.05, 0.1) is 11.6 Å². The van der Waals surface area contributed by atoms with Crippen molar-refractivity contribution >= 4 is 5.69 Å². The molecule has 0 aliphatic rings. The second-order valence-corrected chi connectivity index (χ2v) is 5.94. The number of nitrogens with zero attached hydrogens (tertiary/aromatic N) is 2. The molecular weight excluding hydrogens is 222 g/mol. The highest BCUT2D eigenvalue weighted by Gasteiger charge is 2.31. The zero-order valence-electron chi connectivity index (χ0n) is 11.9. The summed E-state index contributed by atoms with van der Waals surface area (Å²) < 4.78 is 0. The first kappa shape index (κ1) is 14.5. The topological polar surface area (TPSA) is 53.0 Å². The molecule has 3 nitrogen and oxygen atoms in total. The summed E-state index contributed by atoms with van der Waals surface area (Å²) in [6.07, 6.45) is 0. The first-order valence-electron chi connectivity index (χ1n) is 6.26. The van der Waals surface area contributed by atoms with Gasteiger partial charge in [0.2, 0.25) is 0 Å². The Balaban J connectivity index is 3.03. The van der Waals surface area contributed by atoms with Gasteiger partial charge in [-0.25, -0.2) is 0 Å². The Morgan fingerprint density at radius 3 is 2.06 bits per heavy atom. The molecule has 18 heavy (non-hydrogen) atoms. The molecule has 0 aliphatic carbocycles. The van der Waals surface area contributed by atoms with Crippen molar-refractivity contribution in [1.82, 2.24) is 0 Å². The van der Waals surface area contributed by atoms with Gasteiger partial charge in [-0.05, 0) is 36.6 Å². The maximum Gasteiger partial charge on any atom is 0.0991 e. The molecule has 2 unspecified atom stereocenters. The molecule has 0 aromatic heterocycles. The smallest absolute Gasteiger partial charge is 0.0991 e. The van der Waals surface area contributed by atoms with Gasteiger partial charge in [-0.2, -0.15) is 5.26 Å². The van der Waals surface area contributed by atoms with Gasteiger partial charge in [0.25, 0.3) is 0 Å². The Morgan fingerprint density at radius 1 is 1.22 bits per heavy atom. The summed E-state index contributed by atoms with van der Waals surface area (Å²) in [7, 11) is 2.06. The van der Waals surface area contributed by atoms with E-state index < -0.39 is 0 Å². The highest BCUT2D eigenvalue weighted by atomic mass is 15.2. The van der Waals surface area contributed by atoms with Crippen LogP contribution in [0.25, 0.3) is 0 Å². The quantitative estimate of drug-likeness (QED) is 0.891. The lowest BCUT2D eigenvalue weighted by Crippen LogP contribution is -2.52. The predicted octanol–water partition coefficient (Wildman–Crippen LogP) is 2.76. The van der Waals surface area contributed by atoms with Crippen molar-refractivity contribution in [2.45, 2.75) is 39.8 Å². The predicted molar refractivity (Wildman–Crippen MR) is 76.5 cm³/mol. The van der Waals surface area contributed by atoms with Crippen molar-refractivity contribution in [3.8, 4) is 6.07 Å². The summed E-state index contributed by atoms with van der Waals surface area (Å²) in [5, 5.41) is 8.81. The average molecular weight is 245 g/mol. The van der Waals surface area contributed by atoms with E-state index in [2.05, 4.69) is 38.8 Å². The van der Waals surface area contributed by atoms with Crippen LogP contribution in [0.1, 0.15) is 33.3 Å². The molecule has 2 atom stereocenters. The van der Waals surface area contributed by atoms with Crippen LogP contribution in [0.15, 0.2) is 24.3 Å². The molecule has 1 rings (SSSR count). The van der Waals surface area contributed by atoms with Gasteiger partial charge in [0.1, 0.15) is 0 Å². The molecule has 0 bridgehead atoms. The number of hydrogen-bond donors (Lipinski definition) is 1. The van der Waals surface area contributed by atoms with Gasteiger partial charge in [-0.3, -0.25) is 0 Å². The summed E-state index contributed by atoms with van der Waals surface area (Å²) in [6.45, 7) is 8.62. The Kier molecular flexibility index (Phi) is 4.37. The molecule has 0 aliphatic heterocycles. The van der Waals surface area contributed by atoms with Gasteiger partial charge >= 0.3 is 0 Å². The number of likely N-dealkylation sites (N-methyl/N-ethyl adjacent to an activating group) is 1. The Bertz CT molecular complexity index is 421. The van der Waals surface area contributed by atoms with E-state index in [4.69, 9.17) is 11.0 Å². The first-order chi connectivity index (χ1) is 8.27. The van der Waals surface area contributed by atoms with E-state index in [9.17, 15) is 0 Å². The van der Waals surface area contributed by atoms with Gasteiger partial charge in [-0.1, -0.05) is 20.8 Å². The molecule has 0 fully saturated rings. The molecule has 0 radical (unpaired) electrons. The summed E-state index contributed by atoms with van der Waals surface area (Å²) in [5.74, 6) is 0. The van der Waals surface area contributed by atoms with Crippen LogP contribution in [-0.4, -0.2) is 19.1 Å². The van der Waals surface area contributed by atoms with Crippen LogP contribution in [0.2, 0.25) is 0 Å². The highest BCUT2D eigenvalue weighted by molar-refractivity contribution is 5.50. The second kappa shape index (κ2) is 5.41. The van der Waals surface area contributed by atoms with E-state index in [0.29, 0.717) is 5.56 Å². The SMILES string of the molecule is CC(N)C(N(C)c1ccc(C#N)cc1)C(C)(C)C. The fraction of sp³-hybridized carbons (Fsp3) is 0.533. The molecule has 0 amide bonds. The van der Waals surface area contributed by atoms with Gasteiger partial charge < -0.3 is 10.6 Å². The van der Waals surface area contributed by atoms with Crippen LogP contribution in [0.4, 0.5) is 5.69 Å². The first-order valence-corrected chi connectivity index (χ1v) is 6.26. The van der Waals surface area contributed by atoms with Crippen LogP contribution in [-0.2, 0) is 0 Å². The lowest BCUT2D eigenvalue weighted by atomic mass is 9.82. The molecule has 0 saturated carbocycles. The van der Waals surface area contributed by atoms with Crippen LogP contribution >= 0.6 is 0 Å². The third-order valence-corrected chi connectivity index (χ3v) is 3.21. The minimum Gasteiger partial charge on any atom is -0.370 e. The van der Waals surface area contributed by atoms with E-state index >= 15 is 0 Å². The molecule has 0 spiro atoms. The summed E-state index contributed by atoms with van der Waals surface area (Å²) in [5.41, 5.74) is 7.99.